The Hall–Kier alpha value is -6.23. The average Bonchev–Trinajstić information content (AvgIpc) is 3.81. The van der Waals surface area contributed by atoms with Crippen LogP contribution in [0.3, 0.4) is 0 Å². The molecule has 0 N–H and O–H groups in total. The molecule has 242 valence electrons. The van der Waals surface area contributed by atoms with E-state index in [0.29, 0.717) is 5.89 Å². The third-order valence-corrected chi connectivity index (χ3v) is 11.2. The highest BCUT2D eigenvalue weighted by atomic mass is 32.1. The molecule has 0 saturated heterocycles. The zero-order valence-electron chi connectivity index (χ0n) is 27.8. The topological polar surface area (TPSA) is 29.3 Å². The number of rotatable bonds is 6. The van der Waals surface area contributed by atoms with Crippen LogP contribution in [0.1, 0.15) is 11.3 Å². The molecule has 1 aliphatic rings. The van der Waals surface area contributed by atoms with Crippen LogP contribution in [0.25, 0.3) is 65.1 Å². The molecule has 1 aliphatic carbocycles. The van der Waals surface area contributed by atoms with Crippen molar-refractivity contribution in [3.63, 3.8) is 0 Å². The van der Waals surface area contributed by atoms with Crippen LogP contribution in [0.5, 0.6) is 0 Å². The number of benzene rings is 7. The molecule has 10 rings (SSSR count). The molecule has 51 heavy (non-hydrogen) atoms. The maximum atomic E-state index is 6.48. The molecule has 2 heterocycles. The summed E-state index contributed by atoms with van der Waals surface area (Å²) in [5.41, 5.74) is 12.5. The lowest BCUT2D eigenvalue weighted by atomic mass is 9.90. The Morgan fingerprint density at radius 1 is 0.490 bits per heavy atom. The van der Waals surface area contributed by atoms with E-state index >= 15 is 0 Å². The van der Waals surface area contributed by atoms with Crippen molar-refractivity contribution in [2.24, 2.45) is 0 Å². The number of fused-ring (bicyclic) bond motifs is 6. The Morgan fingerprint density at radius 3 is 1.96 bits per heavy atom. The number of oxazole rings is 1. The molecule has 0 fully saturated rings. The summed E-state index contributed by atoms with van der Waals surface area (Å²) >= 11 is 1.85. The van der Waals surface area contributed by atoms with Gasteiger partial charge in [0.05, 0.1) is 5.69 Å². The van der Waals surface area contributed by atoms with Gasteiger partial charge in [-0.1, -0.05) is 121 Å². The van der Waals surface area contributed by atoms with Gasteiger partial charge in [-0.25, -0.2) is 4.98 Å². The van der Waals surface area contributed by atoms with Crippen molar-refractivity contribution >= 4 is 48.6 Å². The second-order valence-corrected chi connectivity index (χ2v) is 14.2. The first kappa shape index (κ1) is 29.7. The van der Waals surface area contributed by atoms with Gasteiger partial charge in [0.25, 0.3) is 0 Å². The van der Waals surface area contributed by atoms with Crippen molar-refractivity contribution < 1.29 is 4.42 Å². The third-order valence-electron chi connectivity index (χ3n) is 10.0. The third kappa shape index (κ3) is 5.24. The molecule has 0 atom stereocenters. The molecule has 3 nitrogen and oxygen atoms in total. The quantitative estimate of drug-likeness (QED) is 0.176. The van der Waals surface area contributed by atoms with E-state index in [9.17, 15) is 0 Å². The van der Waals surface area contributed by atoms with Crippen molar-refractivity contribution in [1.29, 1.82) is 0 Å². The van der Waals surface area contributed by atoms with Crippen LogP contribution in [0, 0.1) is 0 Å². The van der Waals surface area contributed by atoms with Crippen LogP contribution in [0.15, 0.2) is 174 Å². The Kier molecular flexibility index (Phi) is 7.14. The van der Waals surface area contributed by atoms with Gasteiger partial charge >= 0.3 is 0 Å². The minimum atomic E-state index is 0.667. The highest BCUT2D eigenvalue weighted by Gasteiger charge is 2.28. The van der Waals surface area contributed by atoms with Crippen molar-refractivity contribution in [2.45, 2.75) is 12.8 Å². The molecule has 0 spiro atoms. The van der Waals surface area contributed by atoms with Crippen LogP contribution in [0.4, 0.5) is 17.1 Å². The van der Waals surface area contributed by atoms with Crippen LogP contribution in [0.2, 0.25) is 0 Å². The fourth-order valence-electron chi connectivity index (χ4n) is 7.53. The Bertz CT molecular complexity index is 2690. The van der Waals surface area contributed by atoms with E-state index in [4.69, 9.17) is 9.40 Å². The highest BCUT2D eigenvalue weighted by Crippen LogP contribution is 2.46. The lowest BCUT2D eigenvalue weighted by molar-refractivity contribution is 0.516. The van der Waals surface area contributed by atoms with Crippen molar-refractivity contribution in [2.75, 3.05) is 4.90 Å². The second kappa shape index (κ2) is 12.3. The maximum absolute atomic E-state index is 6.48. The summed E-state index contributed by atoms with van der Waals surface area (Å²) in [4.78, 5) is 7.58. The van der Waals surface area contributed by atoms with Gasteiger partial charge in [-0.2, -0.15) is 0 Å². The van der Waals surface area contributed by atoms with Gasteiger partial charge in [0.1, 0.15) is 11.5 Å². The van der Waals surface area contributed by atoms with Gasteiger partial charge in [0.2, 0.25) is 5.89 Å². The minimum Gasteiger partial charge on any atom is -0.440 e. The van der Waals surface area contributed by atoms with Crippen LogP contribution < -0.4 is 4.90 Å². The summed E-state index contributed by atoms with van der Waals surface area (Å²) in [5.74, 6) is 1.62. The molecule has 9 aromatic rings. The SMILES string of the molecule is c1ccc(-c2ccc(-c3nc4c(o3)CCc3c-4cccc3N(c3cccc(-c4ccccc4)c3)c3ccc4c(c3)sc3ccccc34)cc2)cc1. The van der Waals surface area contributed by atoms with Crippen molar-refractivity contribution in [1.82, 2.24) is 4.98 Å². The first-order chi connectivity index (χ1) is 25.3. The number of aromatic nitrogens is 1. The molecular formula is C47H32N2OS. The smallest absolute Gasteiger partial charge is 0.226 e. The lowest BCUT2D eigenvalue weighted by Gasteiger charge is -2.30. The molecule has 7 aromatic carbocycles. The van der Waals surface area contributed by atoms with Gasteiger partial charge in [0, 0.05) is 49.1 Å². The van der Waals surface area contributed by atoms with Gasteiger partial charge in [-0.05, 0) is 82.8 Å². The largest absolute Gasteiger partial charge is 0.440 e. The number of hydrogen-bond donors (Lipinski definition) is 0. The van der Waals surface area contributed by atoms with Crippen molar-refractivity contribution in [3.05, 3.63) is 181 Å². The number of aryl methyl sites for hydroxylation is 1. The first-order valence-corrected chi connectivity index (χ1v) is 18.2. The molecule has 0 unspecified atom stereocenters. The molecule has 0 bridgehead atoms. The maximum Gasteiger partial charge on any atom is 0.226 e. The monoisotopic (exact) mass is 672 g/mol. The predicted octanol–water partition coefficient (Wildman–Crippen LogP) is 13.3. The molecule has 0 radical (unpaired) electrons. The standard InChI is InChI=1S/C47H32N2OS/c1-3-11-31(12-4-1)33-21-23-34(24-22-33)47-48-46-41-18-10-19-42(38(41)27-28-43(46)50-47)49(36-16-9-15-35(29-36)32-13-5-2-6-14-32)37-25-26-40-39-17-7-8-20-44(39)51-45(40)30-37/h1-26,29-30H,27-28H2. The lowest BCUT2D eigenvalue weighted by Crippen LogP contribution is -2.15. The number of anilines is 3. The van der Waals surface area contributed by atoms with Gasteiger partial charge in [-0.3, -0.25) is 0 Å². The Morgan fingerprint density at radius 2 is 1.14 bits per heavy atom. The fourth-order valence-corrected chi connectivity index (χ4v) is 8.67. The van der Waals surface area contributed by atoms with Crippen LogP contribution in [-0.4, -0.2) is 4.98 Å². The first-order valence-electron chi connectivity index (χ1n) is 17.4. The number of thiophene rings is 1. The van der Waals surface area contributed by atoms with Gasteiger partial charge < -0.3 is 9.32 Å². The van der Waals surface area contributed by atoms with E-state index < -0.39 is 0 Å². The Balaban J connectivity index is 1.09. The van der Waals surface area contributed by atoms with E-state index in [2.05, 4.69) is 169 Å². The molecule has 0 saturated carbocycles. The molecular weight excluding hydrogens is 641 g/mol. The summed E-state index contributed by atoms with van der Waals surface area (Å²) < 4.78 is 9.07. The highest BCUT2D eigenvalue weighted by molar-refractivity contribution is 7.25. The van der Waals surface area contributed by atoms with E-state index in [0.717, 1.165) is 46.8 Å². The normalized spacial score (nSPS) is 12.2. The molecule has 0 aliphatic heterocycles. The molecule has 4 heteroatoms. The van der Waals surface area contributed by atoms with Crippen LogP contribution >= 0.6 is 11.3 Å². The predicted molar refractivity (Wildman–Crippen MR) is 213 cm³/mol. The zero-order chi connectivity index (χ0) is 33.7. The minimum absolute atomic E-state index is 0.667. The van der Waals surface area contributed by atoms with Gasteiger partial charge in [-0.15, -0.1) is 11.3 Å². The fraction of sp³-hybridized carbons (Fsp3) is 0.0426. The van der Waals surface area contributed by atoms with E-state index in [-0.39, 0.29) is 0 Å². The van der Waals surface area contributed by atoms with Gasteiger partial charge in [0.15, 0.2) is 0 Å². The van der Waals surface area contributed by atoms with E-state index in [1.807, 2.05) is 17.4 Å². The summed E-state index contributed by atoms with van der Waals surface area (Å²) in [6, 6.07) is 60.8. The molecule has 2 aromatic heterocycles. The Labute approximate surface area is 300 Å². The molecule has 0 amide bonds. The number of hydrogen-bond acceptors (Lipinski definition) is 4. The summed E-state index contributed by atoms with van der Waals surface area (Å²) in [5, 5.41) is 2.60. The summed E-state index contributed by atoms with van der Waals surface area (Å²) in [6.45, 7) is 0. The second-order valence-electron chi connectivity index (χ2n) is 13.1. The summed E-state index contributed by atoms with van der Waals surface area (Å²) in [6.07, 6.45) is 1.65. The van der Waals surface area contributed by atoms with Crippen molar-refractivity contribution in [3.8, 4) is 45.0 Å². The van der Waals surface area contributed by atoms with E-state index in [1.54, 1.807) is 0 Å². The van der Waals surface area contributed by atoms with Crippen LogP contribution in [-0.2, 0) is 12.8 Å². The average molecular weight is 673 g/mol. The van der Waals surface area contributed by atoms with E-state index in [1.165, 1.54) is 53.7 Å². The number of nitrogens with zero attached hydrogens (tertiary/aromatic N) is 2. The summed E-state index contributed by atoms with van der Waals surface area (Å²) in [7, 11) is 0. The zero-order valence-corrected chi connectivity index (χ0v) is 28.6.